The highest BCUT2D eigenvalue weighted by atomic mass is 15.2. The summed E-state index contributed by atoms with van der Waals surface area (Å²) in [4.78, 5) is 2.64. The summed E-state index contributed by atoms with van der Waals surface area (Å²) in [5, 5.41) is 3.71. The van der Waals surface area contributed by atoms with Gasteiger partial charge in [0.25, 0.3) is 0 Å². The zero-order valence-electron chi connectivity index (χ0n) is 12.6. The smallest absolute Gasteiger partial charge is 0.00684 e. The number of nitrogens with zero attached hydrogens (tertiary/aromatic N) is 1. The van der Waals surface area contributed by atoms with Crippen molar-refractivity contribution in [3.8, 4) is 0 Å². The molecule has 17 heavy (non-hydrogen) atoms. The van der Waals surface area contributed by atoms with Gasteiger partial charge in [-0.25, -0.2) is 0 Å². The van der Waals surface area contributed by atoms with Crippen molar-refractivity contribution in [2.45, 2.75) is 72.4 Å². The van der Waals surface area contributed by atoms with E-state index in [1.54, 1.807) is 0 Å². The van der Waals surface area contributed by atoms with Crippen LogP contribution in [-0.4, -0.2) is 36.6 Å². The molecule has 2 nitrogen and oxygen atoms in total. The van der Waals surface area contributed by atoms with E-state index in [-0.39, 0.29) is 0 Å². The summed E-state index contributed by atoms with van der Waals surface area (Å²) in [6.07, 6.45) is 5.30. The van der Waals surface area contributed by atoms with Crippen LogP contribution in [0.25, 0.3) is 0 Å². The van der Waals surface area contributed by atoms with Crippen LogP contribution in [0, 0.1) is 5.41 Å². The molecule has 0 aliphatic heterocycles. The minimum atomic E-state index is 0.433. The third kappa shape index (κ3) is 4.97. The molecule has 1 aliphatic carbocycles. The molecule has 0 bridgehead atoms. The Hall–Kier alpha value is -0.0800. The summed E-state index contributed by atoms with van der Waals surface area (Å²) in [7, 11) is 0. The van der Waals surface area contributed by atoms with Crippen molar-refractivity contribution >= 4 is 0 Å². The first-order valence-corrected chi connectivity index (χ1v) is 7.52. The maximum Gasteiger partial charge on any atom is 0.00684 e. The van der Waals surface area contributed by atoms with Gasteiger partial charge in [0.05, 0.1) is 0 Å². The fourth-order valence-electron chi connectivity index (χ4n) is 2.30. The lowest BCUT2D eigenvalue weighted by Crippen LogP contribution is -2.45. The van der Waals surface area contributed by atoms with E-state index in [0.29, 0.717) is 11.5 Å². The van der Waals surface area contributed by atoms with E-state index in [0.717, 1.165) is 6.04 Å². The fraction of sp³-hybridized carbons (Fsp3) is 1.00. The number of hydrogen-bond donors (Lipinski definition) is 1. The quantitative estimate of drug-likeness (QED) is 0.665. The molecule has 1 rings (SSSR count). The molecule has 0 saturated heterocycles. The average molecular weight is 240 g/mol. The fourth-order valence-corrected chi connectivity index (χ4v) is 2.30. The Morgan fingerprint density at radius 2 is 1.94 bits per heavy atom. The summed E-state index contributed by atoms with van der Waals surface area (Å²) in [5.74, 6) is 0. The van der Waals surface area contributed by atoms with Gasteiger partial charge in [0.2, 0.25) is 0 Å². The third-order valence-electron chi connectivity index (χ3n) is 4.45. The van der Waals surface area contributed by atoms with Crippen LogP contribution in [0.2, 0.25) is 0 Å². The molecule has 0 aromatic heterocycles. The highest BCUT2D eigenvalue weighted by Crippen LogP contribution is 2.26. The molecular weight excluding hydrogens is 208 g/mol. The first-order chi connectivity index (χ1) is 8.04. The molecule has 1 saturated carbocycles. The molecule has 0 aromatic rings. The van der Waals surface area contributed by atoms with Gasteiger partial charge in [-0.3, -0.25) is 0 Å². The maximum absolute atomic E-state index is 3.71. The van der Waals surface area contributed by atoms with E-state index in [2.05, 4.69) is 44.8 Å². The zero-order chi connectivity index (χ0) is 12.9. The summed E-state index contributed by atoms with van der Waals surface area (Å²) < 4.78 is 0. The van der Waals surface area contributed by atoms with Crippen LogP contribution in [0.4, 0.5) is 0 Å². The van der Waals surface area contributed by atoms with Gasteiger partial charge in [-0.05, 0) is 44.6 Å². The molecule has 2 heteroatoms. The van der Waals surface area contributed by atoms with Crippen LogP contribution in [0.3, 0.4) is 0 Å². The van der Waals surface area contributed by atoms with Crippen LogP contribution in [0.5, 0.6) is 0 Å². The second-order valence-electron chi connectivity index (χ2n) is 6.14. The predicted molar refractivity (Wildman–Crippen MR) is 76.4 cm³/mol. The van der Waals surface area contributed by atoms with Crippen molar-refractivity contribution in [2.24, 2.45) is 5.41 Å². The normalized spacial score (nSPS) is 21.5. The van der Waals surface area contributed by atoms with E-state index < -0.39 is 0 Å². The summed E-state index contributed by atoms with van der Waals surface area (Å²) in [6, 6.07) is 1.55. The molecule has 1 aliphatic rings. The van der Waals surface area contributed by atoms with Gasteiger partial charge < -0.3 is 10.2 Å². The molecule has 0 spiro atoms. The van der Waals surface area contributed by atoms with Gasteiger partial charge in [0, 0.05) is 25.2 Å². The third-order valence-corrected chi connectivity index (χ3v) is 4.45. The zero-order valence-corrected chi connectivity index (χ0v) is 12.6. The minimum Gasteiger partial charge on any atom is -0.313 e. The second-order valence-corrected chi connectivity index (χ2v) is 6.14. The highest BCUT2D eigenvalue weighted by Gasteiger charge is 2.29. The van der Waals surface area contributed by atoms with Crippen molar-refractivity contribution in [1.29, 1.82) is 0 Å². The predicted octanol–water partition coefficient (Wildman–Crippen LogP) is 3.28. The van der Waals surface area contributed by atoms with Crippen molar-refractivity contribution in [3.63, 3.8) is 0 Å². The van der Waals surface area contributed by atoms with E-state index in [4.69, 9.17) is 0 Å². The van der Waals surface area contributed by atoms with Crippen LogP contribution < -0.4 is 5.32 Å². The number of nitrogens with one attached hydrogen (secondary N) is 1. The standard InChI is InChI=1S/C15H32N2/c1-6-13(4)17(8-3)12-15(5,7-2)11-16-14-9-10-14/h13-14,16H,6-12H2,1-5H3. The SMILES string of the molecule is CCC(C)N(CC)CC(C)(CC)CNC1CC1. The molecule has 102 valence electrons. The molecule has 0 heterocycles. The maximum atomic E-state index is 3.71. The van der Waals surface area contributed by atoms with E-state index in [1.165, 1.54) is 45.3 Å². The molecule has 2 atom stereocenters. The molecule has 0 radical (unpaired) electrons. The number of hydrogen-bond acceptors (Lipinski definition) is 2. The summed E-state index contributed by atoms with van der Waals surface area (Å²) >= 11 is 0. The van der Waals surface area contributed by atoms with Crippen molar-refractivity contribution < 1.29 is 0 Å². The van der Waals surface area contributed by atoms with Crippen molar-refractivity contribution in [3.05, 3.63) is 0 Å². The second kappa shape index (κ2) is 6.75. The van der Waals surface area contributed by atoms with Crippen molar-refractivity contribution in [2.75, 3.05) is 19.6 Å². The molecule has 1 fully saturated rings. The largest absolute Gasteiger partial charge is 0.313 e. The van der Waals surface area contributed by atoms with Crippen LogP contribution in [0.15, 0.2) is 0 Å². The Balaban J connectivity index is 2.45. The first-order valence-electron chi connectivity index (χ1n) is 7.52. The van der Waals surface area contributed by atoms with E-state index >= 15 is 0 Å². The number of rotatable bonds is 9. The van der Waals surface area contributed by atoms with E-state index in [1.807, 2.05) is 0 Å². The lowest BCUT2D eigenvalue weighted by molar-refractivity contribution is 0.123. The van der Waals surface area contributed by atoms with Gasteiger partial charge >= 0.3 is 0 Å². The first kappa shape index (κ1) is 15.0. The van der Waals surface area contributed by atoms with Gasteiger partial charge in [-0.1, -0.05) is 27.7 Å². The lowest BCUT2D eigenvalue weighted by atomic mass is 9.86. The molecule has 1 N–H and O–H groups in total. The van der Waals surface area contributed by atoms with Crippen LogP contribution >= 0.6 is 0 Å². The van der Waals surface area contributed by atoms with Gasteiger partial charge in [-0.2, -0.15) is 0 Å². The van der Waals surface area contributed by atoms with Gasteiger partial charge in [0.1, 0.15) is 0 Å². The van der Waals surface area contributed by atoms with Crippen LogP contribution in [0.1, 0.15) is 60.3 Å². The molecule has 2 unspecified atom stereocenters. The Kier molecular flexibility index (Phi) is 5.94. The Morgan fingerprint density at radius 3 is 2.35 bits per heavy atom. The Morgan fingerprint density at radius 1 is 1.29 bits per heavy atom. The van der Waals surface area contributed by atoms with Crippen molar-refractivity contribution in [1.82, 2.24) is 10.2 Å². The molecule has 0 aromatic carbocycles. The topological polar surface area (TPSA) is 15.3 Å². The van der Waals surface area contributed by atoms with Crippen LogP contribution in [-0.2, 0) is 0 Å². The summed E-state index contributed by atoms with van der Waals surface area (Å²) in [5.41, 5.74) is 0.433. The highest BCUT2D eigenvalue weighted by molar-refractivity contribution is 4.87. The Labute approximate surface area is 108 Å². The lowest BCUT2D eigenvalue weighted by Gasteiger charge is -2.37. The summed E-state index contributed by atoms with van der Waals surface area (Å²) in [6.45, 7) is 15.3. The minimum absolute atomic E-state index is 0.433. The average Bonchev–Trinajstić information content (AvgIpc) is 3.16. The Bertz CT molecular complexity index is 213. The monoisotopic (exact) mass is 240 g/mol. The van der Waals surface area contributed by atoms with Gasteiger partial charge in [-0.15, -0.1) is 0 Å². The van der Waals surface area contributed by atoms with Gasteiger partial charge in [0.15, 0.2) is 0 Å². The molecular formula is C15H32N2. The van der Waals surface area contributed by atoms with E-state index in [9.17, 15) is 0 Å². The molecule has 0 amide bonds.